The number of piperidine rings is 1. The monoisotopic (exact) mass is 930 g/mol. The Morgan fingerprint density at radius 3 is 2.41 bits per heavy atom. The van der Waals surface area contributed by atoms with Gasteiger partial charge in [-0.1, -0.05) is 69.3 Å². The van der Waals surface area contributed by atoms with Crippen LogP contribution in [0.15, 0.2) is 79.0 Å². The number of rotatable bonds is 12. The lowest BCUT2D eigenvalue weighted by Gasteiger charge is -2.32. The third-order valence-electron chi connectivity index (χ3n) is 14.2. The minimum Gasteiger partial charge on any atom is -0.488 e. The largest absolute Gasteiger partial charge is 0.488 e. The number of H-pyrrole nitrogens is 2. The zero-order valence-corrected chi connectivity index (χ0v) is 38.1. The summed E-state index contributed by atoms with van der Waals surface area (Å²) in [4.78, 5) is 73.4. The van der Waals surface area contributed by atoms with E-state index in [0.717, 1.165) is 50.7 Å². The summed E-state index contributed by atoms with van der Waals surface area (Å²) in [6.07, 6.45) is 1.44. The van der Waals surface area contributed by atoms with Crippen molar-refractivity contribution in [3.63, 3.8) is 0 Å². The number of imidazole rings is 2. The molecule has 0 spiro atoms. The van der Waals surface area contributed by atoms with Crippen molar-refractivity contribution in [1.82, 2.24) is 40.4 Å². The molecule has 4 N–H and O–H groups in total. The molecular formula is C50H52F2N8O8. The van der Waals surface area contributed by atoms with Crippen LogP contribution in [0, 0.1) is 23.7 Å². The van der Waals surface area contributed by atoms with E-state index in [1.807, 2.05) is 43.0 Å². The first-order valence-corrected chi connectivity index (χ1v) is 22.9. The molecule has 4 aromatic carbocycles. The smallest absolute Gasteiger partial charge is 0.407 e. The van der Waals surface area contributed by atoms with Crippen molar-refractivity contribution in [1.29, 1.82) is 0 Å². The van der Waals surface area contributed by atoms with Gasteiger partial charge in [-0.25, -0.2) is 19.6 Å². The molecule has 6 aromatic rings. The molecule has 4 aliphatic rings. The Kier molecular flexibility index (Phi) is 11.8. The van der Waals surface area contributed by atoms with Crippen LogP contribution in [0.2, 0.25) is 0 Å². The minimum absolute atomic E-state index is 0.0881. The number of benzene rings is 4. The lowest BCUT2D eigenvalue weighted by atomic mass is 9.92. The van der Waals surface area contributed by atoms with Crippen LogP contribution in [-0.2, 0) is 30.4 Å². The van der Waals surface area contributed by atoms with Gasteiger partial charge in [-0.05, 0) is 82.5 Å². The Morgan fingerprint density at radius 1 is 0.882 bits per heavy atom. The maximum absolute atomic E-state index is 14.4. The van der Waals surface area contributed by atoms with Crippen LogP contribution < -0.4 is 15.4 Å². The van der Waals surface area contributed by atoms with Gasteiger partial charge in [0.1, 0.15) is 36.1 Å². The Morgan fingerprint density at radius 2 is 1.66 bits per heavy atom. The SMILES string of the molecule is COC(=O)N[C@H](C(=O)N1C2C(C[C@H]1c1ncc(-c3ccc4c(c3)COc3cc5c(ccc6nc([C@@H]7C[C@H](COC(F)F)CN7C(=O)[C@H](NC(=O)OC)c7ccccc7)[nH]c65)cc3-4)[nH]1)[C@H]2C)C(C)C. The highest BCUT2D eigenvalue weighted by molar-refractivity contribution is 6.07. The lowest BCUT2D eigenvalue weighted by molar-refractivity contribution is -0.139. The molecule has 2 aromatic heterocycles. The van der Waals surface area contributed by atoms with E-state index in [9.17, 15) is 28.0 Å². The first kappa shape index (κ1) is 44.7. The van der Waals surface area contributed by atoms with Gasteiger partial charge in [0.2, 0.25) is 5.91 Å². The van der Waals surface area contributed by atoms with Crippen LogP contribution in [0.25, 0.3) is 44.2 Å². The molecule has 1 aliphatic carbocycles. The first-order chi connectivity index (χ1) is 32.8. The van der Waals surface area contributed by atoms with Crippen LogP contribution in [-0.4, -0.2) is 99.8 Å². The van der Waals surface area contributed by atoms with Crippen molar-refractivity contribution in [2.45, 2.75) is 77.0 Å². The van der Waals surface area contributed by atoms with Crippen LogP contribution >= 0.6 is 0 Å². The Bertz CT molecular complexity index is 2920. The number of nitrogens with zero attached hydrogens (tertiary/aromatic N) is 4. The normalized spacial score (nSPS) is 22.4. The standard InChI is InChI=1S/C50H52F2N8O8/c1-24(2)40(57-49(63)65-4)47(62)60-38(18-32-25(3)43(32)60)44-53-20-36(55-44)29-11-13-31-30(16-29)23-67-39-19-33-28(17-34(31)39)12-14-35-42(33)56-45(54-35)37-15-26(22-68-48(51)52)21-59(37)46(61)41(58-50(64)66-5)27-9-7-6-8-10-27/h6-14,16-17,19-20,24-26,32,37-38,40-41,43,48H,15,18,21-23H2,1-5H3,(H,53,55)(H,54,56)(H,57,63)(H,58,64)/t25-,26+,32?,37+,38+,40+,41-,43?/m1/s1. The highest BCUT2D eigenvalue weighted by atomic mass is 19.3. The number of alkyl carbamates (subject to hydrolysis) is 2. The third kappa shape index (κ3) is 8.13. The van der Waals surface area contributed by atoms with Crippen molar-refractivity contribution in [2.75, 3.05) is 27.4 Å². The van der Waals surface area contributed by atoms with E-state index >= 15 is 0 Å². The number of alkyl halides is 2. The molecule has 10 rings (SSSR count). The quantitative estimate of drug-likeness (QED) is 0.0930. The third-order valence-corrected chi connectivity index (χ3v) is 14.2. The van der Waals surface area contributed by atoms with Gasteiger partial charge in [0.25, 0.3) is 5.91 Å². The van der Waals surface area contributed by atoms with Crippen LogP contribution in [0.5, 0.6) is 5.75 Å². The van der Waals surface area contributed by atoms with E-state index in [0.29, 0.717) is 53.3 Å². The van der Waals surface area contributed by atoms with E-state index in [4.69, 9.17) is 28.9 Å². The molecule has 16 nitrogen and oxygen atoms in total. The Labute approximate surface area is 390 Å². The summed E-state index contributed by atoms with van der Waals surface area (Å²) in [5, 5.41) is 7.16. The summed E-state index contributed by atoms with van der Waals surface area (Å²) < 4.78 is 47.3. The second-order valence-electron chi connectivity index (χ2n) is 18.5. The molecule has 0 radical (unpaired) electrons. The summed E-state index contributed by atoms with van der Waals surface area (Å²) in [5.74, 6) is 1.43. The van der Waals surface area contributed by atoms with E-state index < -0.39 is 48.7 Å². The number of amides is 4. The summed E-state index contributed by atoms with van der Waals surface area (Å²) >= 11 is 0. The Hall–Kier alpha value is -7.08. The predicted octanol–water partition coefficient (Wildman–Crippen LogP) is 8.18. The lowest BCUT2D eigenvalue weighted by Crippen LogP contribution is -2.52. The zero-order valence-electron chi connectivity index (χ0n) is 38.1. The summed E-state index contributed by atoms with van der Waals surface area (Å²) in [6, 6.07) is 20.3. The number of carbonyl (C=O) groups excluding carboxylic acids is 4. The van der Waals surface area contributed by atoms with Crippen LogP contribution in [0.1, 0.15) is 74.5 Å². The number of aromatic amines is 2. The minimum atomic E-state index is -2.97. The topological polar surface area (TPSA) is 193 Å². The van der Waals surface area contributed by atoms with Crippen molar-refractivity contribution >= 4 is 45.8 Å². The number of carbonyl (C=O) groups is 4. The van der Waals surface area contributed by atoms with Gasteiger partial charge in [0, 0.05) is 29.5 Å². The van der Waals surface area contributed by atoms with Gasteiger partial charge < -0.3 is 49.3 Å². The number of likely N-dealkylation sites (tertiary alicyclic amines) is 2. The molecule has 3 aliphatic heterocycles. The van der Waals surface area contributed by atoms with Gasteiger partial charge in [-0.3, -0.25) is 9.59 Å². The van der Waals surface area contributed by atoms with E-state index in [1.54, 1.807) is 41.4 Å². The molecule has 3 fully saturated rings. The van der Waals surface area contributed by atoms with Gasteiger partial charge >= 0.3 is 18.8 Å². The number of hydrogen-bond acceptors (Lipinski definition) is 10. The molecule has 2 unspecified atom stereocenters. The van der Waals surface area contributed by atoms with Crippen LogP contribution in [0.4, 0.5) is 18.4 Å². The molecule has 68 heavy (non-hydrogen) atoms. The summed E-state index contributed by atoms with van der Waals surface area (Å²) in [5.41, 5.74) is 6.56. The van der Waals surface area contributed by atoms with Gasteiger partial charge in [-0.15, -0.1) is 0 Å². The molecule has 354 valence electrons. The van der Waals surface area contributed by atoms with E-state index in [1.165, 1.54) is 14.2 Å². The second kappa shape index (κ2) is 17.9. The number of aromatic nitrogens is 4. The summed E-state index contributed by atoms with van der Waals surface area (Å²) in [6.45, 7) is 3.14. The van der Waals surface area contributed by atoms with Gasteiger partial charge in [0.05, 0.1) is 55.8 Å². The summed E-state index contributed by atoms with van der Waals surface area (Å²) in [7, 11) is 2.50. The molecule has 18 heteroatoms. The maximum Gasteiger partial charge on any atom is 0.407 e. The average Bonchev–Trinajstić information content (AvgIpc) is 3.98. The molecular weight excluding hydrogens is 879 g/mol. The fraction of sp³-hybridized carbons (Fsp3) is 0.400. The highest BCUT2D eigenvalue weighted by Crippen LogP contribution is 2.57. The second-order valence-corrected chi connectivity index (χ2v) is 18.5. The molecule has 4 amide bonds. The van der Waals surface area contributed by atoms with Crippen molar-refractivity contribution in [2.24, 2.45) is 23.7 Å². The van der Waals surface area contributed by atoms with Crippen molar-refractivity contribution in [3.8, 4) is 28.1 Å². The number of methoxy groups -OCH3 is 2. The van der Waals surface area contributed by atoms with E-state index in [-0.39, 0.29) is 37.1 Å². The number of halogens is 2. The fourth-order valence-corrected chi connectivity index (χ4v) is 10.6. The Balaban J connectivity index is 0.919. The van der Waals surface area contributed by atoms with Gasteiger partial charge in [-0.2, -0.15) is 8.78 Å². The molecule has 1 saturated carbocycles. The molecule has 0 bridgehead atoms. The van der Waals surface area contributed by atoms with E-state index in [2.05, 4.69) is 45.7 Å². The number of hydrogen-bond donors (Lipinski definition) is 4. The average molecular weight is 931 g/mol. The molecule has 8 atom stereocenters. The molecule has 5 heterocycles. The van der Waals surface area contributed by atoms with Gasteiger partial charge in [0.15, 0.2) is 0 Å². The van der Waals surface area contributed by atoms with Crippen molar-refractivity contribution < 1.29 is 46.9 Å². The molecule has 2 saturated heterocycles. The number of ether oxygens (including phenoxy) is 4. The maximum atomic E-state index is 14.4. The predicted molar refractivity (Wildman–Crippen MR) is 245 cm³/mol. The zero-order chi connectivity index (χ0) is 47.5. The first-order valence-electron chi connectivity index (χ1n) is 22.9. The van der Waals surface area contributed by atoms with Crippen LogP contribution in [0.3, 0.4) is 0 Å². The highest BCUT2D eigenvalue weighted by Gasteiger charge is 2.61. The number of nitrogens with one attached hydrogen (secondary N) is 4. The van der Waals surface area contributed by atoms with Crippen molar-refractivity contribution in [3.05, 3.63) is 102 Å². The fourth-order valence-electron chi connectivity index (χ4n) is 10.6. The number of fused-ring (bicyclic) bond motifs is 7.